The van der Waals surface area contributed by atoms with Crippen molar-refractivity contribution in [1.29, 1.82) is 0 Å². The summed E-state index contributed by atoms with van der Waals surface area (Å²) in [6.45, 7) is 0. The minimum atomic E-state index is -6.01. The fourth-order valence-electron chi connectivity index (χ4n) is 3.73. The van der Waals surface area contributed by atoms with E-state index in [1.165, 1.54) is 26.4 Å². The van der Waals surface area contributed by atoms with Crippen LogP contribution >= 0.6 is 0 Å². The number of benzene rings is 2. The van der Waals surface area contributed by atoms with E-state index in [2.05, 4.69) is 4.98 Å². The number of fused-ring (bicyclic) bond motifs is 1. The van der Waals surface area contributed by atoms with Crippen molar-refractivity contribution in [3.63, 3.8) is 0 Å². The van der Waals surface area contributed by atoms with Gasteiger partial charge in [-0.2, -0.15) is 26.3 Å². The predicted octanol–water partition coefficient (Wildman–Crippen LogP) is 4.59. The van der Waals surface area contributed by atoms with E-state index < -0.39 is 29.1 Å². The molecule has 3 aromatic rings. The number of alkyl halides is 6. The maximum absolute atomic E-state index is 13.4. The standard InChI is InChI=1S/C22H18F6N2O4/c1-33-16-9-14-15(10-17(16)34-2)29-18(11-3-4-11)30(19(14)31)13-7-5-12(6-8-13)20(32,21(23,24)25)22(26,27)28/h5-11,32H,3-4H2,1-2H3. The van der Waals surface area contributed by atoms with Crippen molar-refractivity contribution in [3.8, 4) is 17.2 Å². The molecule has 0 radical (unpaired) electrons. The number of rotatable bonds is 5. The van der Waals surface area contributed by atoms with Crippen molar-refractivity contribution in [2.45, 2.75) is 36.7 Å². The van der Waals surface area contributed by atoms with Gasteiger partial charge in [0, 0.05) is 17.5 Å². The van der Waals surface area contributed by atoms with Crippen LogP contribution in [0.25, 0.3) is 16.6 Å². The number of methoxy groups -OCH3 is 2. The fourth-order valence-corrected chi connectivity index (χ4v) is 3.73. The Labute approximate surface area is 188 Å². The first-order valence-corrected chi connectivity index (χ1v) is 9.99. The third kappa shape index (κ3) is 3.65. The molecular formula is C22H18F6N2O4. The Hall–Kier alpha value is -3.28. The summed E-state index contributed by atoms with van der Waals surface area (Å²) in [6, 6.07) is 5.74. The van der Waals surface area contributed by atoms with Gasteiger partial charge in [0.2, 0.25) is 0 Å². The van der Waals surface area contributed by atoms with Gasteiger partial charge in [0.05, 0.1) is 30.8 Å². The number of aliphatic hydroxyl groups is 1. The van der Waals surface area contributed by atoms with E-state index in [0.29, 0.717) is 42.1 Å². The molecule has 1 N–H and O–H groups in total. The summed E-state index contributed by atoms with van der Waals surface area (Å²) in [5, 5.41) is 9.74. The van der Waals surface area contributed by atoms with E-state index in [1.54, 1.807) is 0 Å². The maximum Gasteiger partial charge on any atom is 0.430 e. The monoisotopic (exact) mass is 488 g/mol. The van der Waals surface area contributed by atoms with Gasteiger partial charge in [-0.1, -0.05) is 12.1 Å². The molecule has 0 bridgehead atoms. The lowest BCUT2D eigenvalue weighted by molar-refractivity contribution is -0.376. The molecule has 1 heterocycles. The summed E-state index contributed by atoms with van der Waals surface area (Å²) in [5.41, 5.74) is -6.75. The second-order valence-electron chi connectivity index (χ2n) is 7.86. The summed E-state index contributed by atoms with van der Waals surface area (Å²) in [4.78, 5) is 17.9. The molecule has 0 unspecified atom stereocenters. The molecule has 34 heavy (non-hydrogen) atoms. The molecule has 1 aromatic heterocycles. The first-order chi connectivity index (χ1) is 15.8. The number of nitrogens with zero attached hydrogens (tertiary/aromatic N) is 2. The van der Waals surface area contributed by atoms with Gasteiger partial charge in [-0.05, 0) is 31.0 Å². The molecular weight excluding hydrogens is 470 g/mol. The molecule has 1 fully saturated rings. The van der Waals surface area contributed by atoms with Gasteiger partial charge in [-0.15, -0.1) is 0 Å². The average molecular weight is 488 g/mol. The van der Waals surface area contributed by atoms with Gasteiger partial charge in [-0.3, -0.25) is 9.36 Å². The largest absolute Gasteiger partial charge is 0.493 e. The minimum Gasteiger partial charge on any atom is -0.493 e. The number of ether oxygens (including phenoxy) is 2. The van der Waals surface area contributed by atoms with E-state index >= 15 is 0 Å². The highest BCUT2D eigenvalue weighted by molar-refractivity contribution is 5.82. The summed E-state index contributed by atoms with van der Waals surface area (Å²) >= 11 is 0. The number of hydrogen-bond donors (Lipinski definition) is 1. The lowest BCUT2D eigenvalue weighted by Crippen LogP contribution is -2.53. The summed E-state index contributed by atoms with van der Waals surface area (Å²) < 4.78 is 90.8. The smallest absolute Gasteiger partial charge is 0.430 e. The zero-order chi connectivity index (χ0) is 25.1. The second kappa shape index (κ2) is 7.90. The van der Waals surface area contributed by atoms with Gasteiger partial charge < -0.3 is 14.6 Å². The Bertz CT molecular complexity index is 1280. The summed E-state index contributed by atoms with van der Waals surface area (Å²) in [6.07, 6.45) is -10.6. The molecule has 0 amide bonds. The van der Waals surface area contributed by atoms with Crippen molar-refractivity contribution in [2.24, 2.45) is 0 Å². The molecule has 1 aliphatic rings. The van der Waals surface area contributed by atoms with Crippen LogP contribution in [-0.4, -0.2) is 41.2 Å². The van der Waals surface area contributed by atoms with Crippen LogP contribution in [0, 0.1) is 0 Å². The van der Waals surface area contributed by atoms with Gasteiger partial charge in [0.1, 0.15) is 5.82 Å². The van der Waals surface area contributed by atoms with E-state index in [9.17, 15) is 36.2 Å². The van der Waals surface area contributed by atoms with Crippen LogP contribution in [0.1, 0.15) is 30.1 Å². The van der Waals surface area contributed by atoms with Gasteiger partial charge in [-0.25, -0.2) is 4.98 Å². The lowest BCUT2D eigenvalue weighted by atomic mass is 9.92. The number of hydrogen-bond acceptors (Lipinski definition) is 5. The highest BCUT2D eigenvalue weighted by Crippen LogP contribution is 2.50. The highest BCUT2D eigenvalue weighted by Gasteiger charge is 2.71. The molecule has 0 spiro atoms. The molecule has 0 aliphatic heterocycles. The first-order valence-electron chi connectivity index (χ1n) is 9.99. The van der Waals surface area contributed by atoms with Crippen molar-refractivity contribution in [2.75, 3.05) is 14.2 Å². The van der Waals surface area contributed by atoms with E-state index in [1.807, 2.05) is 0 Å². The van der Waals surface area contributed by atoms with E-state index in [-0.39, 0.29) is 22.7 Å². The average Bonchev–Trinajstić information content (AvgIpc) is 3.61. The zero-order valence-electron chi connectivity index (χ0n) is 17.8. The molecule has 2 aromatic carbocycles. The topological polar surface area (TPSA) is 73.6 Å². The van der Waals surface area contributed by atoms with Crippen LogP contribution in [0.15, 0.2) is 41.2 Å². The SMILES string of the molecule is COc1cc2nc(C3CC3)n(-c3ccc(C(O)(C(F)(F)F)C(F)(F)F)cc3)c(=O)c2cc1OC. The van der Waals surface area contributed by atoms with E-state index in [0.717, 1.165) is 16.7 Å². The molecule has 4 rings (SSSR count). The molecule has 1 saturated carbocycles. The molecule has 0 atom stereocenters. The number of halogens is 6. The van der Waals surface area contributed by atoms with Gasteiger partial charge in [0.25, 0.3) is 11.2 Å². The predicted molar refractivity (Wildman–Crippen MR) is 108 cm³/mol. The summed E-state index contributed by atoms with van der Waals surface area (Å²) in [7, 11) is 2.78. The fraction of sp³-hybridized carbons (Fsp3) is 0.364. The van der Waals surface area contributed by atoms with E-state index in [4.69, 9.17) is 9.47 Å². The lowest BCUT2D eigenvalue weighted by Gasteiger charge is -2.32. The maximum atomic E-state index is 13.4. The van der Waals surface area contributed by atoms with Crippen molar-refractivity contribution in [1.82, 2.24) is 9.55 Å². The van der Waals surface area contributed by atoms with Crippen molar-refractivity contribution in [3.05, 3.63) is 58.1 Å². The van der Waals surface area contributed by atoms with Crippen LogP contribution in [0.4, 0.5) is 26.3 Å². The summed E-state index contributed by atoms with van der Waals surface area (Å²) in [5.74, 6) is 0.797. The van der Waals surface area contributed by atoms with Crippen LogP contribution in [0.5, 0.6) is 11.5 Å². The van der Waals surface area contributed by atoms with Gasteiger partial charge >= 0.3 is 12.4 Å². The third-order valence-electron chi connectivity index (χ3n) is 5.71. The third-order valence-corrected chi connectivity index (χ3v) is 5.71. The molecule has 182 valence electrons. The quantitative estimate of drug-likeness (QED) is 0.532. The normalized spacial score (nSPS) is 15.0. The second-order valence-corrected chi connectivity index (χ2v) is 7.86. The minimum absolute atomic E-state index is 0.00605. The van der Waals surface area contributed by atoms with Crippen LogP contribution in [-0.2, 0) is 5.60 Å². The Balaban J connectivity index is 1.91. The molecule has 6 nitrogen and oxygen atoms in total. The highest BCUT2D eigenvalue weighted by atomic mass is 19.4. The first kappa shape index (κ1) is 23.9. The Kier molecular flexibility index (Phi) is 5.54. The van der Waals surface area contributed by atoms with Crippen LogP contribution < -0.4 is 15.0 Å². The van der Waals surface area contributed by atoms with Crippen LogP contribution in [0.3, 0.4) is 0 Å². The van der Waals surface area contributed by atoms with Crippen molar-refractivity contribution < 1.29 is 40.9 Å². The molecule has 12 heteroatoms. The Morgan fingerprint density at radius 2 is 1.47 bits per heavy atom. The number of aromatic nitrogens is 2. The Morgan fingerprint density at radius 1 is 0.941 bits per heavy atom. The van der Waals surface area contributed by atoms with Crippen LogP contribution in [0.2, 0.25) is 0 Å². The zero-order valence-corrected chi connectivity index (χ0v) is 17.8. The Morgan fingerprint density at radius 3 is 1.94 bits per heavy atom. The molecule has 1 aliphatic carbocycles. The van der Waals surface area contributed by atoms with Crippen molar-refractivity contribution >= 4 is 10.9 Å². The van der Waals surface area contributed by atoms with Gasteiger partial charge in [0.15, 0.2) is 11.5 Å². The molecule has 0 saturated heterocycles.